The van der Waals surface area contributed by atoms with E-state index in [-0.39, 0.29) is 72.5 Å². The largest absolute Gasteiger partial charge is 1.00 e. The van der Waals surface area contributed by atoms with E-state index in [2.05, 4.69) is 4.74 Å². The molecular formula is C4H9KO4. The van der Waals surface area contributed by atoms with Crippen LogP contribution in [0.25, 0.3) is 0 Å². The fourth-order valence-corrected chi connectivity index (χ4v) is 0.203. The summed E-state index contributed by atoms with van der Waals surface area (Å²) in [6.07, 6.45) is -0.944. The van der Waals surface area contributed by atoms with Crippen molar-refractivity contribution >= 4 is 6.47 Å². The summed E-state index contributed by atoms with van der Waals surface area (Å²) in [5, 5.41) is 16.6. The van der Waals surface area contributed by atoms with Crippen LogP contribution < -0.4 is 51.4 Å². The number of rotatable bonds is 4. The standard InChI is InChI=1S/C4H8O4.K.H/c5-1-4(7)2-8-3-6;;/h3-5,7H,1-2H2;;/q;+1;-1. The van der Waals surface area contributed by atoms with Crippen LogP contribution in [0.4, 0.5) is 0 Å². The maximum absolute atomic E-state index is 9.41. The van der Waals surface area contributed by atoms with Gasteiger partial charge >= 0.3 is 51.4 Å². The summed E-state index contributed by atoms with van der Waals surface area (Å²) in [5.41, 5.74) is 0. The van der Waals surface area contributed by atoms with Crippen LogP contribution in [0.5, 0.6) is 0 Å². The molecule has 0 bridgehead atoms. The normalized spacial score (nSPS) is 11.3. The van der Waals surface area contributed by atoms with E-state index in [1.165, 1.54) is 0 Å². The second kappa shape index (κ2) is 9.03. The number of carbonyl (C=O) groups excluding carboxylic acids is 1. The van der Waals surface area contributed by atoms with Crippen molar-refractivity contribution in [2.45, 2.75) is 6.10 Å². The van der Waals surface area contributed by atoms with Gasteiger partial charge in [0.15, 0.2) is 0 Å². The maximum Gasteiger partial charge on any atom is 1.00 e. The number of ether oxygens (including phenoxy) is 1. The molecular weight excluding hydrogens is 151 g/mol. The second-order valence-electron chi connectivity index (χ2n) is 1.27. The smallest absolute Gasteiger partial charge is 1.00 e. The quantitative estimate of drug-likeness (QED) is 0.322. The second-order valence-corrected chi connectivity index (χ2v) is 1.27. The molecule has 0 fully saturated rings. The molecule has 0 saturated carbocycles. The van der Waals surface area contributed by atoms with Gasteiger partial charge in [-0.05, 0) is 0 Å². The van der Waals surface area contributed by atoms with E-state index in [0.717, 1.165) is 0 Å². The minimum Gasteiger partial charge on any atom is -1.00 e. The summed E-state index contributed by atoms with van der Waals surface area (Å²) in [6, 6.07) is 0. The first-order valence-corrected chi connectivity index (χ1v) is 2.15. The summed E-state index contributed by atoms with van der Waals surface area (Å²) >= 11 is 0. The molecule has 1 atom stereocenters. The van der Waals surface area contributed by atoms with Crippen molar-refractivity contribution < 1.29 is 72.6 Å². The number of aliphatic hydroxyl groups excluding tert-OH is 2. The van der Waals surface area contributed by atoms with Crippen molar-refractivity contribution in [2.75, 3.05) is 13.2 Å². The van der Waals surface area contributed by atoms with E-state index in [1.807, 2.05) is 0 Å². The third kappa shape index (κ3) is 9.03. The monoisotopic (exact) mass is 160 g/mol. The topological polar surface area (TPSA) is 66.8 Å². The van der Waals surface area contributed by atoms with Crippen molar-refractivity contribution in [3.05, 3.63) is 0 Å². The molecule has 0 rings (SSSR count). The molecule has 0 amide bonds. The number of aliphatic hydroxyl groups is 2. The molecule has 0 heterocycles. The molecule has 0 aromatic heterocycles. The Labute approximate surface area is 97.1 Å². The van der Waals surface area contributed by atoms with E-state index in [0.29, 0.717) is 0 Å². The minimum atomic E-state index is -0.944. The van der Waals surface area contributed by atoms with Gasteiger partial charge in [-0.2, -0.15) is 0 Å². The zero-order valence-corrected chi connectivity index (χ0v) is 8.40. The summed E-state index contributed by atoms with van der Waals surface area (Å²) in [7, 11) is 0. The molecule has 0 aromatic rings. The third-order valence-corrected chi connectivity index (χ3v) is 0.567. The average molecular weight is 160 g/mol. The molecule has 0 saturated heterocycles. The van der Waals surface area contributed by atoms with Gasteiger partial charge in [0.1, 0.15) is 12.7 Å². The number of hydrogen-bond acceptors (Lipinski definition) is 4. The van der Waals surface area contributed by atoms with Crippen LogP contribution in [0.15, 0.2) is 0 Å². The SMILES string of the molecule is O=COCC(O)CO.[H-].[K+]. The van der Waals surface area contributed by atoms with Gasteiger partial charge in [-0.1, -0.05) is 0 Å². The first kappa shape index (κ1) is 12.7. The van der Waals surface area contributed by atoms with Crippen LogP contribution in [-0.4, -0.2) is 36.0 Å². The van der Waals surface area contributed by atoms with Gasteiger partial charge in [-0.15, -0.1) is 0 Å². The van der Waals surface area contributed by atoms with Crippen LogP contribution in [-0.2, 0) is 9.53 Å². The Bertz CT molecular complexity index is 72.3. The van der Waals surface area contributed by atoms with Gasteiger partial charge in [0, 0.05) is 0 Å². The molecule has 4 nitrogen and oxygen atoms in total. The van der Waals surface area contributed by atoms with Gasteiger partial charge < -0.3 is 16.4 Å². The average Bonchev–Trinajstić information content (AvgIpc) is 1.83. The zero-order chi connectivity index (χ0) is 6.41. The van der Waals surface area contributed by atoms with E-state index in [1.54, 1.807) is 0 Å². The molecule has 0 aliphatic heterocycles. The van der Waals surface area contributed by atoms with Crippen molar-refractivity contribution in [3.63, 3.8) is 0 Å². The number of hydrogen-bond donors (Lipinski definition) is 2. The van der Waals surface area contributed by atoms with Crippen molar-refractivity contribution in [1.82, 2.24) is 0 Å². The maximum atomic E-state index is 9.41. The van der Waals surface area contributed by atoms with Crippen LogP contribution in [0.2, 0.25) is 0 Å². The van der Waals surface area contributed by atoms with Crippen LogP contribution in [0, 0.1) is 0 Å². The first-order valence-electron chi connectivity index (χ1n) is 2.15. The summed E-state index contributed by atoms with van der Waals surface area (Å²) in [5.74, 6) is 0. The first-order chi connectivity index (χ1) is 3.81. The molecule has 0 aliphatic carbocycles. The van der Waals surface area contributed by atoms with Gasteiger partial charge in [-0.3, -0.25) is 4.79 Å². The Kier molecular flexibility index (Phi) is 12.7. The molecule has 1 unspecified atom stereocenters. The van der Waals surface area contributed by atoms with Gasteiger partial charge in [0.05, 0.1) is 6.61 Å². The summed E-state index contributed by atoms with van der Waals surface area (Å²) in [6.45, 7) is -0.299. The predicted molar refractivity (Wildman–Crippen MR) is 26.2 cm³/mol. The Morgan fingerprint density at radius 1 is 1.78 bits per heavy atom. The fourth-order valence-electron chi connectivity index (χ4n) is 0.203. The van der Waals surface area contributed by atoms with Gasteiger partial charge in [0.25, 0.3) is 6.47 Å². The fraction of sp³-hybridized carbons (Fsp3) is 0.750. The van der Waals surface area contributed by atoms with Gasteiger partial charge in [0.2, 0.25) is 0 Å². The van der Waals surface area contributed by atoms with Crippen LogP contribution >= 0.6 is 0 Å². The van der Waals surface area contributed by atoms with Crippen LogP contribution in [0.1, 0.15) is 1.43 Å². The Morgan fingerprint density at radius 3 is 2.67 bits per heavy atom. The molecule has 0 aliphatic rings. The van der Waals surface area contributed by atoms with Gasteiger partial charge in [-0.25, -0.2) is 0 Å². The Morgan fingerprint density at radius 2 is 2.33 bits per heavy atom. The van der Waals surface area contributed by atoms with E-state index >= 15 is 0 Å². The van der Waals surface area contributed by atoms with E-state index in [9.17, 15) is 4.79 Å². The molecule has 9 heavy (non-hydrogen) atoms. The molecule has 2 N–H and O–H groups in total. The Balaban J connectivity index is -0.000000245. The number of carbonyl (C=O) groups is 1. The summed E-state index contributed by atoms with van der Waals surface area (Å²) in [4.78, 5) is 9.41. The molecule has 5 heteroatoms. The van der Waals surface area contributed by atoms with Crippen molar-refractivity contribution in [1.29, 1.82) is 0 Å². The van der Waals surface area contributed by atoms with Crippen LogP contribution in [0.3, 0.4) is 0 Å². The third-order valence-electron chi connectivity index (χ3n) is 0.567. The predicted octanol–water partition coefficient (Wildman–Crippen LogP) is -4.37. The van der Waals surface area contributed by atoms with Crippen molar-refractivity contribution in [3.8, 4) is 0 Å². The van der Waals surface area contributed by atoms with Crippen molar-refractivity contribution in [2.24, 2.45) is 0 Å². The minimum absolute atomic E-state index is 0. The molecule has 0 spiro atoms. The zero-order valence-electron chi connectivity index (χ0n) is 6.28. The summed E-state index contributed by atoms with van der Waals surface area (Å²) < 4.78 is 4.10. The molecule has 0 aromatic carbocycles. The molecule has 0 radical (unpaired) electrons. The molecule has 50 valence electrons. The van der Waals surface area contributed by atoms with E-state index in [4.69, 9.17) is 10.2 Å². The Hall–Kier alpha value is 1.03. The van der Waals surface area contributed by atoms with E-state index < -0.39 is 6.10 Å².